The molecule has 0 radical (unpaired) electrons. The Morgan fingerprint density at radius 2 is 1.75 bits per heavy atom. The lowest BCUT2D eigenvalue weighted by atomic mass is 9.90. The number of hydrogen-bond donors (Lipinski definition) is 0. The predicted octanol–water partition coefficient (Wildman–Crippen LogP) is 1.87. The first kappa shape index (κ1) is 10.9. The Balaban J connectivity index is 2.13. The summed E-state index contributed by atoms with van der Waals surface area (Å²) >= 11 is 0. The lowest BCUT2D eigenvalue weighted by molar-refractivity contribution is -0.153. The third kappa shape index (κ3) is 1.98. The van der Waals surface area contributed by atoms with Gasteiger partial charge in [-0.05, 0) is 18.9 Å². The Hall–Kier alpha value is -1.64. The molecule has 1 fully saturated rings. The molecule has 1 aliphatic heterocycles. The van der Waals surface area contributed by atoms with Crippen LogP contribution in [0.5, 0.6) is 0 Å². The third-order valence-corrected chi connectivity index (χ3v) is 3.06. The highest BCUT2D eigenvalue weighted by Gasteiger charge is 2.40. The summed E-state index contributed by atoms with van der Waals surface area (Å²) < 4.78 is 4.60. The maximum atomic E-state index is 11.4. The number of rotatable bonds is 2. The molecule has 1 saturated heterocycles. The molecule has 1 aromatic rings. The van der Waals surface area contributed by atoms with Gasteiger partial charge in [0.2, 0.25) is 0 Å². The normalized spacial score (nSPS) is 24.6. The zero-order chi connectivity index (χ0) is 11.7. The van der Waals surface area contributed by atoms with Gasteiger partial charge in [-0.3, -0.25) is 9.59 Å². The van der Waals surface area contributed by atoms with Crippen molar-refractivity contribution in [2.45, 2.75) is 20.3 Å². The molecule has 3 heteroatoms. The van der Waals surface area contributed by atoms with Crippen LogP contribution < -0.4 is 0 Å². The Labute approximate surface area is 94.4 Å². The smallest absolute Gasteiger partial charge is 0.317 e. The zero-order valence-electron chi connectivity index (χ0n) is 9.40. The Morgan fingerprint density at radius 3 is 2.25 bits per heavy atom. The number of hydrogen-bond acceptors (Lipinski definition) is 3. The van der Waals surface area contributed by atoms with Gasteiger partial charge in [-0.25, -0.2) is 0 Å². The van der Waals surface area contributed by atoms with E-state index in [0.29, 0.717) is 6.42 Å². The van der Waals surface area contributed by atoms with Gasteiger partial charge in [0.15, 0.2) is 0 Å². The van der Waals surface area contributed by atoms with E-state index in [0.717, 1.165) is 5.56 Å². The van der Waals surface area contributed by atoms with Crippen LogP contribution in [0.2, 0.25) is 0 Å². The first-order valence-corrected chi connectivity index (χ1v) is 5.39. The molecule has 0 amide bonds. The first-order valence-electron chi connectivity index (χ1n) is 5.39. The molecule has 0 saturated carbocycles. The lowest BCUT2D eigenvalue weighted by Gasteiger charge is -2.09. The van der Waals surface area contributed by atoms with Crippen LogP contribution in [0.1, 0.15) is 18.1 Å². The summed E-state index contributed by atoms with van der Waals surface area (Å²) in [5.41, 5.74) is 2.25. The molecule has 2 atom stereocenters. The molecule has 84 valence electrons. The number of carbonyl (C=O) groups excluding carboxylic acids is 2. The monoisotopic (exact) mass is 218 g/mol. The van der Waals surface area contributed by atoms with E-state index < -0.39 is 11.9 Å². The van der Waals surface area contributed by atoms with Gasteiger partial charge in [0, 0.05) is 0 Å². The minimum Gasteiger partial charge on any atom is -0.393 e. The summed E-state index contributed by atoms with van der Waals surface area (Å²) in [5, 5.41) is 0. The number of ether oxygens (including phenoxy) is 1. The fourth-order valence-electron chi connectivity index (χ4n) is 1.87. The summed E-state index contributed by atoms with van der Waals surface area (Å²) in [6.07, 6.45) is 0.575. The molecule has 0 bridgehead atoms. The molecule has 0 spiro atoms. The summed E-state index contributed by atoms with van der Waals surface area (Å²) in [4.78, 5) is 22.6. The van der Waals surface area contributed by atoms with Crippen molar-refractivity contribution in [3.63, 3.8) is 0 Å². The maximum absolute atomic E-state index is 11.4. The van der Waals surface area contributed by atoms with Gasteiger partial charge in [0.25, 0.3) is 0 Å². The van der Waals surface area contributed by atoms with Crippen LogP contribution in [-0.2, 0) is 20.7 Å². The van der Waals surface area contributed by atoms with Crippen molar-refractivity contribution in [2.24, 2.45) is 11.8 Å². The average Bonchev–Trinajstić information content (AvgIpc) is 2.48. The number of cyclic esters (lactones) is 2. The van der Waals surface area contributed by atoms with Crippen LogP contribution in [0.15, 0.2) is 24.3 Å². The number of esters is 2. The highest BCUT2D eigenvalue weighted by Crippen LogP contribution is 2.26. The van der Waals surface area contributed by atoms with Crippen LogP contribution in [0, 0.1) is 18.8 Å². The van der Waals surface area contributed by atoms with E-state index >= 15 is 0 Å². The Morgan fingerprint density at radius 1 is 1.12 bits per heavy atom. The summed E-state index contributed by atoms with van der Waals surface area (Å²) in [5.74, 6) is -1.44. The van der Waals surface area contributed by atoms with Gasteiger partial charge in [-0.2, -0.15) is 0 Å². The molecule has 3 nitrogen and oxygen atoms in total. The molecular weight excluding hydrogens is 204 g/mol. The topological polar surface area (TPSA) is 43.4 Å². The van der Waals surface area contributed by atoms with Crippen LogP contribution in [0.25, 0.3) is 0 Å². The second kappa shape index (κ2) is 4.08. The quantitative estimate of drug-likeness (QED) is 0.562. The van der Waals surface area contributed by atoms with Crippen molar-refractivity contribution in [3.05, 3.63) is 35.4 Å². The van der Waals surface area contributed by atoms with E-state index in [9.17, 15) is 9.59 Å². The maximum Gasteiger partial charge on any atom is 0.317 e. The van der Waals surface area contributed by atoms with Gasteiger partial charge < -0.3 is 4.74 Å². The van der Waals surface area contributed by atoms with Crippen molar-refractivity contribution < 1.29 is 14.3 Å². The molecule has 0 unspecified atom stereocenters. The molecule has 0 aliphatic carbocycles. The molecule has 1 aliphatic rings. The van der Waals surface area contributed by atoms with Gasteiger partial charge in [0.1, 0.15) is 0 Å². The number of aryl methyl sites for hydroxylation is 1. The van der Waals surface area contributed by atoms with Crippen LogP contribution >= 0.6 is 0 Å². The number of benzene rings is 1. The fourth-order valence-corrected chi connectivity index (χ4v) is 1.87. The second-order valence-electron chi connectivity index (χ2n) is 4.33. The van der Waals surface area contributed by atoms with E-state index in [1.54, 1.807) is 6.92 Å². The summed E-state index contributed by atoms with van der Waals surface area (Å²) in [7, 11) is 0. The fraction of sp³-hybridized carbons (Fsp3) is 0.385. The van der Waals surface area contributed by atoms with E-state index in [2.05, 4.69) is 4.74 Å². The van der Waals surface area contributed by atoms with Crippen LogP contribution in [0.4, 0.5) is 0 Å². The van der Waals surface area contributed by atoms with Gasteiger partial charge in [-0.15, -0.1) is 0 Å². The standard InChI is InChI=1S/C13H14O3/c1-8-3-5-10(6-4-8)7-11-9(2)12(14)16-13(11)15/h3-6,9,11H,7H2,1-2H3/t9-,11-/m0/s1. The highest BCUT2D eigenvalue weighted by atomic mass is 16.6. The average molecular weight is 218 g/mol. The van der Waals surface area contributed by atoms with Gasteiger partial charge in [0.05, 0.1) is 11.8 Å². The van der Waals surface area contributed by atoms with Gasteiger partial charge >= 0.3 is 11.9 Å². The summed E-state index contributed by atoms with van der Waals surface area (Å²) in [6, 6.07) is 7.97. The van der Waals surface area contributed by atoms with Crippen molar-refractivity contribution >= 4 is 11.9 Å². The van der Waals surface area contributed by atoms with E-state index in [1.165, 1.54) is 5.56 Å². The van der Waals surface area contributed by atoms with Crippen LogP contribution in [-0.4, -0.2) is 11.9 Å². The molecule has 1 heterocycles. The van der Waals surface area contributed by atoms with Crippen molar-refractivity contribution in [1.29, 1.82) is 0 Å². The van der Waals surface area contributed by atoms with Crippen LogP contribution in [0.3, 0.4) is 0 Å². The minimum atomic E-state index is -0.401. The minimum absolute atomic E-state index is 0.324. The van der Waals surface area contributed by atoms with Crippen molar-refractivity contribution in [1.82, 2.24) is 0 Å². The SMILES string of the molecule is Cc1ccc(C[C@@H]2C(=O)OC(=O)[C@H]2C)cc1. The highest BCUT2D eigenvalue weighted by molar-refractivity contribution is 5.96. The Bertz CT molecular complexity index is 419. The lowest BCUT2D eigenvalue weighted by Crippen LogP contribution is -2.17. The van der Waals surface area contributed by atoms with E-state index in [-0.39, 0.29) is 11.8 Å². The molecule has 2 rings (SSSR count). The summed E-state index contributed by atoms with van der Waals surface area (Å²) in [6.45, 7) is 3.76. The number of carbonyl (C=O) groups is 2. The van der Waals surface area contributed by atoms with Crippen molar-refractivity contribution in [2.75, 3.05) is 0 Å². The van der Waals surface area contributed by atoms with Gasteiger partial charge in [-0.1, -0.05) is 36.8 Å². The first-order chi connectivity index (χ1) is 7.58. The molecule has 1 aromatic carbocycles. The zero-order valence-corrected chi connectivity index (χ0v) is 9.40. The third-order valence-electron chi connectivity index (χ3n) is 3.06. The Kier molecular flexibility index (Phi) is 2.77. The molecule has 0 aromatic heterocycles. The predicted molar refractivity (Wildman–Crippen MR) is 58.6 cm³/mol. The van der Waals surface area contributed by atoms with E-state index in [1.807, 2.05) is 31.2 Å². The molecular formula is C13H14O3. The largest absolute Gasteiger partial charge is 0.393 e. The molecule has 0 N–H and O–H groups in total. The van der Waals surface area contributed by atoms with E-state index in [4.69, 9.17) is 0 Å². The second-order valence-corrected chi connectivity index (χ2v) is 4.33. The van der Waals surface area contributed by atoms with Crippen molar-refractivity contribution in [3.8, 4) is 0 Å². The molecule has 16 heavy (non-hydrogen) atoms.